The maximum atomic E-state index is 12.2. The van der Waals surface area contributed by atoms with E-state index < -0.39 is 10.0 Å². The number of thiophene rings is 1. The first-order chi connectivity index (χ1) is 10.3. The average molecular weight is 410 g/mol. The van der Waals surface area contributed by atoms with E-state index in [1.807, 2.05) is 11.4 Å². The number of carbonyl (C=O) groups is 1. The number of nitrogens with zero attached hydrogens (tertiary/aromatic N) is 2. The smallest absolute Gasteiger partial charge is 0.317 e. The first-order valence-electron chi connectivity index (χ1n) is 6.95. The van der Waals surface area contributed by atoms with Crippen LogP contribution < -0.4 is 5.32 Å². The number of hydrogen-bond acceptors (Lipinski definition) is 4. The minimum atomic E-state index is -3.13. The summed E-state index contributed by atoms with van der Waals surface area (Å²) < 4.78 is 25.4. The standard InChI is InChI=1S/C13H20BrN3O3S2/c1-16(8-12-7-10(14)9-21-12)13(18)15-11-3-5-17(6-4-11)22(2,19)20/h7,9,11H,3-6,8H2,1-2H3,(H,15,18). The van der Waals surface area contributed by atoms with E-state index in [-0.39, 0.29) is 12.1 Å². The molecule has 1 aromatic rings. The summed E-state index contributed by atoms with van der Waals surface area (Å²) in [6.45, 7) is 1.49. The first kappa shape index (κ1) is 17.7. The van der Waals surface area contributed by atoms with Gasteiger partial charge in [-0.25, -0.2) is 17.5 Å². The van der Waals surface area contributed by atoms with Crippen LogP contribution in [0.15, 0.2) is 15.9 Å². The quantitative estimate of drug-likeness (QED) is 0.827. The normalized spacial score (nSPS) is 17.4. The van der Waals surface area contributed by atoms with Gasteiger partial charge < -0.3 is 10.2 Å². The summed E-state index contributed by atoms with van der Waals surface area (Å²) in [4.78, 5) is 14.9. The topological polar surface area (TPSA) is 69.7 Å². The van der Waals surface area contributed by atoms with Crippen molar-refractivity contribution in [2.45, 2.75) is 25.4 Å². The molecule has 0 unspecified atom stereocenters. The second kappa shape index (κ2) is 7.29. The molecule has 1 fully saturated rings. The lowest BCUT2D eigenvalue weighted by atomic mass is 10.1. The molecule has 124 valence electrons. The fourth-order valence-electron chi connectivity index (χ4n) is 2.36. The molecular formula is C13H20BrN3O3S2. The number of carbonyl (C=O) groups excluding carboxylic acids is 1. The van der Waals surface area contributed by atoms with Crippen LogP contribution in [0.1, 0.15) is 17.7 Å². The number of nitrogens with one attached hydrogen (secondary N) is 1. The van der Waals surface area contributed by atoms with Crippen LogP contribution in [-0.4, -0.2) is 56.1 Å². The molecule has 2 rings (SSSR count). The van der Waals surface area contributed by atoms with E-state index in [1.54, 1.807) is 23.3 Å². The Labute approximate surface area is 143 Å². The van der Waals surface area contributed by atoms with Crippen molar-refractivity contribution in [2.75, 3.05) is 26.4 Å². The SMILES string of the molecule is CN(Cc1cc(Br)cs1)C(=O)NC1CCN(S(C)(=O)=O)CC1. The Morgan fingerprint density at radius 1 is 1.50 bits per heavy atom. The van der Waals surface area contributed by atoms with Gasteiger partial charge in [0.1, 0.15) is 0 Å². The van der Waals surface area contributed by atoms with Crippen molar-refractivity contribution in [1.82, 2.24) is 14.5 Å². The number of halogens is 1. The second-order valence-corrected chi connectivity index (χ2v) is 9.37. The molecule has 1 aliphatic heterocycles. The summed E-state index contributed by atoms with van der Waals surface area (Å²) in [6.07, 6.45) is 2.52. The van der Waals surface area contributed by atoms with Crippen LogP contribution in [0.2, 0.25) is 0 Å². The lowest BCUT2D eigenvalue weighted by Gasteiger charge is -2.31. The summed E-state index contributed by atoms with van der Waals surface area (Å²) in [5.74, 6) is 0. The number of sulfonamides is 1. The molecule has 0 aliphatic carbocycles. The minimum absolute atomic E-state index is 0.0306. The molecule has 0 bridgehead atoms. The van der Waals surface area contributed by atoms with Gasteiger partial charge in [-0.1, -0.05) is 0 Å². The summed E-state index contributed by atoms with van der Waals surface area (Å²) in [6, 6.07) is 1.91. The van der Waals surface area contributed by atoms with Crippen molar-refractivity contribution in [3.63, 3.8) is 0 Å². The van der Waals surface area contributed by atoms with E-state index in [4.69, 9.17) is 0 Å². The molecule has 9 heteroatoms. The zero-order chi connectivity index (χ0) is 16.3. The predicted octanol–water partition coefficient (Wildman–Crippen LogP) is 2.08. The molecule has 0 spiro atoms. The van der Waals surface area contributed by atoms with E-state index >= 15 is 0 Å². The van der Waals surface area contributed by atoms with Gasteiger partial charge in [0.2, 0.25) is 10.0 Å². The van der Waals surface area contributed by atoms with E-state index in [0.29, 0.717) is 32.5 Å². The van der Waals surface area contributed by atoms with Crippen LogP contribution >= 0.6 is 27.3 Å². The third-order valence-electron chi connectivity index (χ3n) is 3.61. The maximum absolute atomic E-state index is 12.2. The van der Waals surface area contributed by atoms with Crippen molar-refractivity contribution in [3.05, 3.63) is 20.8 Å². The van der Waals surface area contributed by atoms with Crippen molar-refractivity contribution in [2.24, 2.45) is 0 Å². The highest BCUT2D eigenvalue weighted by atomic mass is 79.9. The van der Waals surface area contributed by atoms with Gasteiger partial charge in [-0.05, 0) is 34.8 Å². The zero-order valence-corrected chi connectivity index (χ0v) is 15.8. The Balaban J connectivity index is 1.80. The van der Waals surface area contributed by atoms with Crippen LogP contribution in [0.4, 0.5) is 4.79 Å². The molecule has 1 saturated heterocycles. The highest BCUT2D eigenvalue weighted by Crippen LogP contribution is 2.21. The summed E-state index contributed by atoms with van der Waals surface area (Å²) in [7, 11) is -1.37. The van der Waals surface area contributed by atoms with Crippen LogP contribution in [-0.2, 0) is 16.6 Å². The summed E-state index contributed by atoms with van der Waals surface area (Å²) in [5.41, 5.74) is 0. The van der Waals surface area contributed by atoms with E-state index in [9.17, 15) is 13.2 Å². The molecule has 1 N–H and O–H groups in total. The minimum Gasteiger partial charge on any atom is -0.335 e. The second-order valence-electron chi connectivity index (χ2n) is 5.47. The Kier molecular flexibility index (Phi) is 5.87. The van der Waals surface area contributed by atoms with Crippen LogP contribution in [0.25, 0.3) is 0 Å². The molecule has 0 atom stereocenters. The van der Waals surface area contributed by atoms with Crippen LogP contribution in [0.3, 0.4) is 0 Å². The third kappa shape index (κ3) is 4.94. The van der Waals surface area contributed by atoms with Crippen LogP contribution in [0, 0.1) is 0 Å². The lowest BCUT2D eigenvalue weighted by molar-refractivity contribution is 0.196. The largest absolute Gasteiger partial charge is 0.335 e. The molecule has 1 aromatic heterocycles. The Morgan fingerprint density at radius 3 is 2.64 bits per heavy atom. The fraction of sp³-hybridized carbons (Fsp3) is 0.615. The van der Waals surface area contributed by atoms with Crippen molar-refractivity contribution < 1.29 is 13.2 Å². The lowest BCUT2D eigenvalue weighted by Crippen LogP contribution is -2.49. The van der Waals surface area contributed by atoms with Gasteiger partial charge in [-0.3, -0.25) is 0 Å². The molecule has 0 saturated carbocycles. The Morgan fingerprint density at radius 2 is 2.14 bits per heavy atom. The highest BCUT2D eigenvalue weighted by Gasteiger charge is 2.26. The molecule has 0 aromatic carbocycles. The zero-order valence-electron chi connectivity index (χ0n) is 12.6. The average Bonchev–Trinajstić information content (AvgIpc) is 2.83. The molecule has 2 amide bonds. The van der Waals surface area contributed by atoms with E-state index in [2.05, 4.69) is 21.2 Å². The number of hydrogen-bond donors (Lipinski definition) is 1. The van der Waals surface area contributed by atoms with Crippen molar-refractivity contribution >= 4 is 43.3 Å². The van der Waals surface area contributed by atoms with E-state index in [0.717, 1.165) is 9.35 Å². The molecule has 0 radical (unpaired) electrons. The molecular weight excluding hydrogens is 390 g/mol. The number of urea groups is 1. The Bertz CT molecular complexity index is 624. The first-order valence-corrected chi connectivity index (χ1v) is 10.5. The number of piperidine rings is 1. The monoisotopic (exact) mass is 409 g/mol. The Hall–Kier alpha value is -0.640. The van der Waals surface area contributed by atoms with Gasteiger partial charge in [0, 0.05) is 40.9 Å². The molecule has 6 nitrogen and oxygen atoms in total. The van der Waals surface area contributed by atoms with Gasteiger partial charge in [-0.2, -0.15) is 0 Å². The summed E-state index contributed by atoms with van der Waals surface area (Å²) in [5, 5.41) is 4.96. The molecule has 1 aliphatic rings. The third-order valence-corrected chi connectivity index (χ3v) is 6.60. The van der Waals surface area contributed by atoms with E-state index in [1.165, 1.54) is 10.6 Å². The number of amides is 2. The maximum Gasteiger partial charge on any atom is 0.317 e. The van der Waals surface area contributed by atoms with Crippen LogP contribution in [0.5, 0.6) is 0 Å². The van der Waals surface area contributed by atoms with Gasteiger partial charge in [0.25, 0.3) is 0 Å². The van der Waals surface area contributed by atoms with Gasteiger partial charge in [0.15, 0.2) is 0 Å². The number of rotatable bonds is 4. The van der Waals surface area contributed by atoms with Crippen molar-refractivity contribution in [1.29, 1.82) is 0 Å². The molecule has 2 heterocycles. The predicted molar refractivity (Wildman–Crippen MR) is 91.5 cm³/mol. The fourth-order valence-corrected chi connectivity index (χ4v) is 4.74. The van der Waals surface area contributed by atoms with Gasteiger partial charge in [-0.15, -0.1) is 11.3 Å². The highest BCUT2D eigenvalue weighted by molar-refractivity contribution is 9.10. The summed E-state index contributed by atoms with van der Waals surface area (Å²) >= 11 is 5.00. The molecule has 22 heavy (non-hydrogen) atoms. The van der Waals surface area contributed by atoms with Crippen molar-refractivity contribution in [3.8, 4) is 0 Å². The van der Waals surface area contributed by atoms with Gasteiger partial charge in [0.05, 0.1) is 12.8 Å². The van der Waals surface area contributed by atoms with Gasteiger partial charge >= 0.3 is 6.03 Å².